The zero-order valence-electron chi connectivity index (χ0n) is 10.4. The van der Waals surface area contributed by atoms with Crippen LogP contribution in [0.2, 0.25) is 0 Å². The molecule has 3 amide bonds. The van der Waals surface area contributed by atoms with E-state index in [9.17, 15) is 9.59 Å². The first-order valence-corrected chi connectivity index (χ1v) is 5.53. The summed E-state index contributed by atoms with van der Waals surface area (Å²) < 4.78 is 4.89. The molecule has 0 aliphatic heterocycles. The van der Waals surface area contributed by atoms with E-state index in [1.54, 1.807) is 18.9 Å². The molecule has 0 aliphatic rings. The molecule has 3 N–H and O–H groups in total. The number of methoxy groups -OCH3 is 1. The van der Waals surface area contributed by atoms with Gasteiger partial charge in [-0.05, 0) is 6.92 Å². The van der Waals surface area contributed by atoms with Crippen molar-refractivity contribution in [2.24, 2.45) is 0 Å². The maximum atomic E-state index is 11.4. The van der Waals surface area contributed by atoms with Gasteiger partial charge in [-0.2, -0.15) is 0 Å². The molecule has 100 valence electrons. The maximum Gasteiger partial charge on any atom is 0.321 e. The zero-order valence-corrected chi connectivity index (χ0v) is 10.4. The van der Waals surface area contributed by atoms with Gasteiger partial charge in [0, 0.05) is 26.7 Å². The molecule has 0 atom stereocenters. The number of nitrogens with zero attached hydrogens (tertiary/aromatic N) is 1. The molecular formula is C10H21N3O4. The van der Waals surface area contributed by atoms with Crippen molar-refractivity contribution in [2.75, 3.05) is 46.5 Å². The van der Waals surface area contributed by atoms with Gasteiger partial charge in [0.2, 0.25) is 5.91 Å². The molecule has 0 saturated carbocycles. The number of hydrogen-bond acceptors (Lipinski definition) is 5. The Bertz CT molecular complexity index is 236. The molecule has 0 aliphatic carbocycles. The van der Waals surface area contributed by atoms with Crippen molar-refractivity contribution in [3.8, 4) is 0 Å². The van der Waals surface area contributed by atoms with E-state index in [1.165, 1.54) is 0 Å². The second-order valence-electron chi connectivity index (χ2n) is 3.40. The smallest absolute Gasteiger partial charge is 0.321 e. The molecule has 0 saturated heterocycles. The van der Waals surface area contributed by atoms with Crippen LogP contribution in [0.25, 0.3) is 0 Å². The summed E-state index contributed by atoms with van der Waals surface area (Å²) >= 11 is 0. The van der Waals surface area contributed by atoms with Crippen molar-refractivity contribution < 1.29 is 19.4 Å². The van der Waals surface area contributed by atoms with Gasteiger partial charge in [0.1, 0.15) is 0 Å². The Labute approximate surface area is 101 Å². The molecule has 0 aromatic carbocycles. The van der Waals surface area contributed by atoms with Crippen LogP contribution in [0.15, 0.2) is 0 Å². The van der Waals surface area contributed by atoms with Gasteiger partial charge in [-0.15, -0.1) is 0 Å². The number of amides is 3. The number of aliphatic hydroxyl groups excluding tert-OH is 1. The van der Waals surface area contributed by atoms with Crippen molar-refractivity contribution in [1.82, 2.24) is 15.5 Å². The van der Waals surface area contributed by atoms with Crippen LogP contribution in [0.5, 0.6) is 0 Å². The summed E-state index contributed by atoms with van der Waals surface area (Å²) in [6.07, 6.45) is 0. The predicted octanol–water partition coefficient (Wildman–Crippen LogP) is -1.23. The van der Waals surface area contributed by atoms with Crippen molar-refractivity contribution in [3.63, 3.8) is 0 Å². The fraction of sp³-hybridized carbons (Fsp3) is 0.800. The van der Waals surface area contributed by atoms with Crippen LogP contribution in [0.3, 0.4) is 0 Å². The van der Waals surface area contributed by atoms with E-state index in [4.69, 9.17) is 9.84 Å². The summed E-state index contributed by atoms with van der Waals surface area (Å²) in [7, 11) is 1.56. The first kappa shape index (κ1) is 15.8. The van der Waals surface area contributed by atoms with E-state index in [0.717, 1.165) is 0 Å². The van der Waals surface area contributed by atoms with Crippen molar-refractivity contribution in [3.05, 3.63) is 0 Å². The van der Waals surface area contributed by atoms with E-state index in [2.05, 4.69) is 10.6 Å². The number of aliphatic hydroxyl groups is 1. The molecule has 0 bridgehead atoms. The van der Waals surface area contributed by atoms with Gasteiger partial charge in [-0.25, -0.2) is 4.79 Å². The molecule has 7 nitrogen and oxygen atoms in total. The lowest BCUT2D eigenvalue weighted by Crippen LogP contribution is -2.45. The van der Waals surface area contributed by atoms with E-state index < -0.39 is 11.9 Å². The second kappa shape index (κ2) is 10.0. The Morgan fingerprint density at radius 1 is 1.35 bits per heavy atom. The third kappa shape index (κ3) is 8.61. The summed E-state index contributed by atoms with van der Waals surface area (Å²) in [5, 5.41) is 13.5. The average molecular weight is 247 g/mol. The largest absolute Gasteiger partial charge is 0.395 e. The van der Waals surface area contributed by atoms with Crippen LogP contribution in [0, 0.1) is 0 Å². The van der Waals surface area contributed by atoms with Crippen LogP contribution < -0.4 is 10.6 Å². The molecule has 0 rings (SSSR count). The normalized spacial score (nSPS) is 10.4. The molecule has 0 aromatic rings. The first-order chi connectivity index (χ1) is 8.13. The molecule has 17 heavy (non-hydrogen) atoms. The standard InChI is InChI=1S/C10H21N3O4/c1-3-11-10(16)12-9(15)8-13(4-6-14)5-7-17-2/h14H,3-8H2,1-2H3,(H2,11,12,15,16). The van der Waals surface area contributed by atoms with E-state index >= 15 is 0 Å². The minimum Gasteiger partial charge on any atom is -0.395 e. The number of hydrogen-bond donors (Lipinski definition) is 3. The summed E-state index contributed by atoms with van der Waals surface area (Å²) in [5.74, 6) is -0.402. The zero-order chi connectivity index (χ0) is 13.1. The Hall–Kier alpha value is -1.18. The van der Waals surface area contributed by atoms with Crippen LogP contribution in [-0.2, 0) is 9.53 Å². The highest BCUT2D eigenvalue weighted by atomic mass is 16.5. The van der Waals surface area contributed by atoms with Gasteiger partial charge in [-0.3, -0.25) is 15.0 Å². The highest BCUT2D eigenvalue weighted by Gasteiger charge is 2.12. The highest BCUT2D eigenvalue weighted by Crippen LogP contribution is 1.88. The van der Waals surface area contributed by atoms with Crippen LogP contribution in [0.1, 0.15) is 6.92 Å². The minimum atomic E-state index is -0.506. The third-order valence-corrected chi connectivity index (χ3v) is 1.99. The lowest BCUT2D eigenvalue weighted by atomic mass is 10.4. The van der Waals surface area contributed by atoms with Gasteiger partial charge < -0.3 is 15.2 Å². The summed E-state index contributed by atoms with van der Waals surface area (Å²) in [5.41, 5.74) is 0. The molecular weight excluding hydrogens is 226 g/mol. The number of urea groups is 1. The quantitative estimate of drug-likeness (QED) is 0.500. The summed E-state index contributed by atoms with van der Waals surface area (Å²) in [4.78, 5) is 24.2. The van der Waals surface area contributed by atoms with Gasteiger partial charge >= 0.3 is 6.03 Å². The van der Waals surface area contributed by atoms with E-state index in [0.29, 0.717) is 26.2 Å². The number of imide groups is 1. The Morgan fingerprint density at radius 3 is 2.59 bits per heavy atom. The Balaban J connectivity index is 3.97. The van der Waals surface area contributed by atoms with Gasteiger partial charge in [-0.1, -0.05) is 0 Å². The molecule has 0 unspecified atom stereocenters. The Kier molecular flexibility index (Phi) is 9.31. The molecule has 0 heterocycles. The first-order valence-electron chi connectivity index (χ1n) is 5.53. The van der Waals surface area contributed by atoms with Crippen molar-refractivity contribution in [2.45, 2.75) is 6.92 Å². The average Bonchev–Trinajstić information content (AvgIpc) is 2.26. The van der Waals surface area contributed by atoms with Crippen LogP contribution in [-0.4, -0.2) is 68.4 Å². The van der Waals surface area contributed by atoms with Gasteiger partial charge in [0.25, 0.3) is 0 Å². The van der Waals surface area contributed by atoms with E-state index in [-0.39, 0.29) is 13.2 Å². The van der Waals surface area contributed by atoms with Crippen LogP contribution in [0.4, 0.5) is 4.79 Å². The molecule has 0 fully saturated rings. The molecule has 0 spiro atoms. The number of rotatable bonds is 8. The second-order valence-corrected chi connectivity index (χ2v) is 3.40. The summed E-state index contributed by atoms with van der Waals surface area (Å²) in [6.45, 7) is 3.60. The van der Waals surface area contributed by atoms with Gasteiger partial charge in [0.05, 0.1) is 19.8 Å². The highest BCUT2D eigenvalue weighted by molar-refractivity contribution is 5.95. The minimum absolute atomic E-state index is 0.0435. The molecule has 0 radical (unpaired) electrons. The fourth-order valence-electron chi connectivity index (χ4n) is 1.21. The maximum absolute atomic E-state index is 11.4. The number of nitrogens with one attached hydrogen (secondary N) is 2. The topological polar surface area (TPSA) is 90.9 Å². The van der Waals surface area contributed by atoms with Crippen molar-refractivity contribution in [1.29, 1.82) is 0 Å². The van der Waals surface area contributed by atoms with Gasteiger partial charge in [0.15, 0.2) is 0 Å². The Morgan fingerprint density at radius 2 is 2.06 bits per heavy atom. The van der Waals surface area contributed by atoms with Crippen LogP contribution >= 0.6 is 0 Å². The number of carbonyl (C=O) groups excluding carboxylic acids is 2. The SMILES string of the molecule is CCNC(=O)NC(=O)CN(CCO)CCOC. The number of ether oxygens (including phenoxy) is 1. The lowest BCUT2D eigenvalue weighted by molar-refractivity contribution is -0.121. The van der Waals surface area contributed by atoms with E-state index in [1.807, 2.05) is 0 Å². The lowest BCUT2D eigenvalue weighted by Gasteiger charge is -2.19. The predicted molar refractivity (Wildman–Crippen MR) is 62.6 cm³/mol. The number of carbonyl (C=O) groups is 2. The third-order valence-electron chi connectivity index (χ3n) is 1.99. The summed E-state index contributed by atoms with van der Waals surface area (Å²) in [6, 6.07) is -0.506. The molecule has 7 heteroatoms. The van der Waals surface area contributed by atoms with Crippen molar-refractivity contribution >= 4 is 11.9 Å². The monoisotopic (exact) mass is 247 g/mol. The molecule has 0 aromatic heterocycles. The fourth-order valence-corrected chi connectivity index (χ4v) is 1.21.